The number of hydrogen-bond acceptors (Lipinski definition) is 8. The zero-order chi connectivity index (χ0) is 33.3. The summed E-state index contributed by atoms with van der Waals surface area (Å²) in [6.45, 7) is 14.6. The van der Waals surface area contributed by atoms with Crippen LogP contribution in [0.1, 0.15) is 93.4 Å². The molecule has 1 aliphatic heterocycles. The molecule has 0 aromatic heterocycles. The maximum atomic E-state index is 11.4. The molecule has 2 saturated carbocycles. The molecule has 9 heteroatoms. The lowest BCUT2D eigenvalue weighted by Crippen LogP contribution is -2.62. The first-order valence-electron chi connectivity index (χ1n) is 16.9. The van der Waals surface area contributed by atoms with E-state index in [1.54, 1.807) is 13.0 Å². The highest BCUT2D eigenvalue weighted by Crippen LogP contribution is 2.72. The van der Waals surface area contributed by atoms with E-state index in [4.69, 9.17) is 9.47 Å². The molecule has 0 aromatic rings. The molecule has 254 valence electrons. The quantitative estimate of drug-likeness (QED) is 0.217. The van der Waals surface area contributed by atoms with Crippen LogP contribution in [0.5, 0.6) is 0 Å². The molecular formula is C36H56O9. The molecule has 5 rings (SSSR count). The van der Waals surface area contributed by atoms with Crippen LogP contribution >= 0.6 is 0 Å². The van der Waals surface area contributed by atoms with E-state index in [9.17, 15) is 35.4 Å². The molecule has 1 saturated heterocycles. The minimum atomic E-state index is -1.54. The van der Waals surface area contributed by atoms with Gasteiger partial charge in [0.05, 0.1) is 18.8 Å². The number of carbonyl (C=O) groups is 1. The van der Waals surface area contributed by atoms with Crippen LogP contribution in [-0.4, -0.2) is 86.1 Å². The van der Waals surface area contributed by atoms with E-state index in [0.717, 1.165) is 32.1 Å². The van der Waals surface area contributed by atoms with Crippen LogP contribution in [-0.2, 0) is 14.3 Å². The predicted molar refractivity (Wildman–Crippen MR) is 169 cm³/mol. The van der Waals surface area contributed by atoms with Crippen molar-refractivity contribution in [1.82, 2.24) is 0 Å². The highest BCUT2D eigenvalue weighted by atomic mass is 16.7. The molecule has 9 nitrogen and oxygen atoms in total. The zero-order valence-electron chi connectivity index (χ0n) is 28.1. The maximum Gasteiger partial charge on any atom is 0.330 e. The highest BCUT2D eigenvalue weighted by molar-refractivity contribution is 5.85. The summed E-state index contributed by atoms with van der Waals surface area (Å²) in [7, 11) is 0. The number of hydrogen-bond donors (Lipinski definition) is 6. The monoisotopic (exact) mass is 632 g/mol. The van der Waals surface area contributed by atoms with Crippen molar-refractivity contribution >= 4 is 5.97 Å². The highest BCUT2D eigenvalue weighted by Gasteiger charge is 2.67. The first-order chi connectivity index (χ1) is 20.9. The van der Waals surface area contributed by atoms with Gasteiger partial charge in [0.1, 0.15) is 24.4 Å². The summed E-state index contributed by atoms with van der Waals surface area (Å²) in [6.07, 6.45) is 4.48. The lowest BCUT2D eigenvalue weighted by atomic mass is 9.43. The molecule has 0 spiro atoms. The van der Waals surface area contributed by atoms with Crippen molar-refractivity contribution in [2.45, 2.75) is 136 Å². The van der Waals surface area contributed by atoms with Crippen LogP contribution in [0.3, 0.4) is 0 Å². The summed E-state index contributed by atoms with van der Waals surface area (Å²) in [5, 5.41) is 62.4. The van der Waals surface area contributed by atoms with Crippen molar-refractivity contribution in [1.29, 1.82) is 0 Å². The average molecular weight is 633 g/mol. The molecule has 0 bridgehead atoms. The topological polar surface area (TPSA) is 157 Å². The number of fused-ring (bicyclic) bond motifs is 5. The fourth-order valence-corrected chi connectivity index (χ4v) is 10.3. The summed E-state index contributed by atoms with van der Waals surface area (Å²) in [5.74, 6) is -0.244. The van der Waals surface area contributed by atoms with Crippen LogP contribution < -0.4 is 0 Å². The van der Waals surface area contributed by atoms with Crippen molar-refractivity contribution in [3.63, 3.8) is 0 Å². The van der Waals surface area contributed by atoms with Crippen molar-refractivity contribution < 1.29 is 44.9 Å². The van der Waals surface area contributed by atoms with Gasteiger partial charge in [-0.05, 0) is 91.6 Å². The van der Waals surface area contributed by atoms with Crippen LogP contribution in [0.15, 0.2) is 34.9 Å². The molecular weight excluding hydrogens is 576 g/mol. The van der Waals surface area contributed by atoms with E-state index in [0.29, 0.717) is 18.4 Å². The summed E-state index contributed by atoms with van der Waals surface area (Å²) in [6, 6.07) is 0. The molecule has 0 unspecified atom stereocenters. The Balaban J connectivity index is 1.58. The summed E-state index contributed by atoms with van der Waals surface area (Å²) in [5.41, 5.74) is 1.72. The fourth-order valence-electron chi connectivity index (χ4n) is 10.3. The first-order valence-corrected chi connectivity index (χ1v) is 16.9. The largest absolute Gasteiger partial charge is 0.478 e. The van der Waals surface area contributed by atoms with Gasteiger partial charge in [0, 0.05) is 16.4 Å². The molecule has 0 radical (unpaired) electrons. The van der Waals surface area contributed by atoms with E-state index in [-0.39, 0.29) is 40.1 Å². The number of carboxylic acids is 1. The Kier molecular flexibility index (Phi) is 9.37. The van der Waals surface area contributed by atoms with Crippen LogP contribution in [0.2, 0.25) is 0 Å². The Labute approximate surface area is 268 Å². The summed E-state index contributed by atoms with van der Waals surface area (Å²) < 4.78 is 12.7. The van der Waals surface area contributed by atoms with E-state index in [1.165, 1.54) is 11.1 Å². The van der Waals surface area contributed by atoms with Gasteiger partial charge in [0.25, 0.3) is 0 Å². The van der Waals surface area contributed by atoms with E-state index < -0.39 is 54.8 Å². The minimum Gasteiger partial charge on any atom is -0.478 e. The molecule has 5 aliphatic rings. The van der Waals surface area contributed by atoms with Gasteiger partial charge in [-0.25, -0.2) is 4.79 Å². The molecule has 4 aliphatic carbocycles. The van der Waals surface area contributed by atoms with Crippen LogP contribution in [0.25, 0.3) is 0 Å². The van der Waals surface area contributed by atoms with Crippen molar-refractivity contribution in [2.24, 2.45) is 39.4 Å². The van der Waals surface area contributed by atoms with Gasteiger partial charge in [-0.2, -0.15) is 0 Å². The lowest BCUT2D eigenvalue weighted by molar-refractivity contribution is -0.319. The van der Waals surface area contributed by atoms with Gasteiger partial charge in [-0.3, -0.25) is 0 Å². The number of carboxylic acid groups (broad SMARTS) is 1. The average Bonchev–Trinajstić information content (AvgIpc) is 3.27. The Bertz CT molecular complexity index is 1240. The smallest absolute Gasteiger partial charge is 0.330 e. The van der Waals surface area contributed by atoms with Gasteiger partial charge in [0.15, 0.2) is 6.29 Å². The Hall–Kier alpha value is -1.59. The standard InChI is InChI=1S/C36H56O9/c1-19(9-8-10-20(2)31(42)43)21-13-16-35(6)22-11-12-25-33(3,4)26(38)14-15-34(25,5)23(22)17-27(36(21,35)7)45-32-30(41)29(40)28(39)24(18-37)44-32/h10-11,17,19,21,24-30,32,37-41H,8-9,12-16,18H2,1-7H3,(H,42,43)/b20-10-/t19-,21-,24-,25+,26-,27+,28-,29+,30-,32+,34-,35+,36+/m1/s1. The fraction of sp³-hybridized carbons (Fsp3) is 0.806. The normalized spacial score (nSPS) is 46.8. The summed E-state index contributed by atoms with van der Waals surface area (Å²) in [4.78, 5) is 11.4. The number of ether oxygens (including phenoxy) is 2. The van der Waals surface area contributed by atoms with Gasteiger partial charge in [-0.15, -0.1) is 0 Å². The molecule has 0 aromatic carbocycles. The third-order valence-corrected chi connectivity index (χ3v) is 13.6. The first kappa shape index (κ1) is 34.7. The predicted octanol–water partition coefficient (Wildman–Crippen LogP) is 4.11. The van der Waals surface area contributed by atoms with Gasteiger partial charge >= 0.3 is 5.97 Å². The van der Waals surface area contributed by atoms with Crippen LogP contribution in [0, 0.1) is 39.4 Å². The molecule has 0 amide bonds. The van der Waals surface area contributed by atoms with Gasteiger partial charge < -0.3 is 40.1 Å². The second-order valence-electron chi connectivity index (χ2n) is 16.0. The molecule has 13 atom stereocenters. The second-order valence-corrected chi connectivity index (χ2v) is 16.0. The molecule has 45 heavy (non-hydrogen) atoms. The van der Waals surface area contributed by atoms with Crippen molar-refractivity contribution in [2.75, 3.05) is 6.61 Å². The van der Waals surface area contributed by atoms with Gasteiger partial charge in [-0.1, -0.05) is 59.8 Å². The number of aliphatic carboxylic acids is 1. The third-order valence-electron chi connectivity index (χ3n) is 13.6. The SMILES string of the molecule is C/C(=C/CC[C@@H](C)[C@H]1CC[C@@]2(C)C3=CC[C@H]4C(C)(C)[C@H](O)CC[C@]4(C)C3=C[C@H](O[C@@H]3O[C@H](CO)[C@@H](O)[C@H](O)[C@H]3O)[C@]12C)C(=O)O. The third kappa shape index (κ3) is 5.29. The van der Waals surface area contributed by atoms with E-state index in [1.807, 2.05) is 0 Å². The number of rotatable bonds is 8. The van der Waals surface area contributed by atoms with E-state index in [2.05, 4.69) is 53.7 Å². The lowest BCUT2D eigenvalue weighted by Gasteiger charge is -2.62. The molecule has 6 N–H and O–H groups in total. The minimum absolute atomic E-state index is 0.197. The molecule has 3 fully saturated rings. The zero-order valence-corrected chi connectivity index (χ0v) is 28.1. The maximum absolute atomic E-state index is 11.4. The molecule has 1 heterocycles. The Morgan fingerprint density at radius 1 is 1.04 bits per heavy atom. The van der Waals surface area contributed by atoms with Crippen LogP contribution in [0.4, 0.5) is 0 Å². The van der Waals surface area contributed by atoms with Crippen molar-refractivity contribution in [3.05, 3.63) is 34.9 Å². The Morgan fingerprint density at radius 3 is 2.38 bits per heavy atom. The van der Waals surface area contributed by atoms with Gasteiger partial charge in [0.2, 0.25) is 0 Å². The second kappa shape index (κ2) is 12.1. The number of allylic oxidation sites excluding steroid dienone is 4. The number of aliphatic hydroxyl groups is 5. The summed E-state index contributed by atoms with van der Waals surface area (Å²) >= 11 is 0. The number of aliphatic hydroxyl groups excluding tert-OH is 5. The Morgan fingerprint density at radius 2 is 1.73 bits per heavy atom. The van der Waals surface area contributed by atoms with E-state index >= 15 is 0 Å². The van der Waals surface area contributed by atoms with Crippen molar-refractivity contribution in [3.8, 4) is 0 Å².